The molecule has 3 rings (SSSR count). The summed E-state index contributed by atoms with van der Waals surface area (Å²) >= 11 is 0. The summed E-state index contributed by atoms with van der Waals surface area (Å²) in [4.78, 5) is 0. The summed E-state index contributed by atoms with van der Waals surface area (Å²) < 4.78 is 5.71. The lowest BCUT2D eigenvalue weighted by atomic mass is 9.74. The highest BCUT2D eigenvalue weighted by molar-refractivity contribution is 5.20. The molecule has 2 heteroatoms. The van der Waals surface area contributed by atoms with Crippen molar-refractivity contribution in [3.05, 3.63) is 35.9 Å². The summed E-state index contributed by atoms with van der Waals surface area (Å²) in [5.74, 6) is 1.09. The molecule has 1 aliphatic carbocycles. The van der Waals surface area contributed by atoms with E-state index < -0.39 is 0 Å². The van der Waals surface area contributed by atoms with Gasteiger partial charge in [-0.3, -0.25) is 0 Å². The van der Waals surface area contributed by atoms with Crippen molar-refractivity contribution in [1.29, 1.82) is 0 Å². The molecule has 0 spiro atoms. The highest BCUT2D eigenvalue weighted by atomic mass is 16.5. The minimum absolute atomic E-state index is 0.101. The summed E-state index contributed by atoms with van der Waals surface area (Å²) in [7, 11) is 0. The maximum Gasteiger partial charge on any atom is 0.0576 e. The van der Waals surface area contributed by atoms with Gasteiger partial charge < -0.3 is 9.84 Å². The Balaban J connectivity index is 1.55. The molecule has 0 radical (unpaired) electrons. The van der Waals surface area contributed by atoms with Gasteiger partial charge in [-0.05, 0) is 62.3 Å². The highest BCUT2D eigenvalue weighted by Gasteiger charge is 2.30. The van der Waals surface area contributed by atoms with Crippen LogP contribution < -0.4 is 0 Å². The first-order chi connectivity index (χ1) is 9.83. The van der Waals surface area contributed by atoms with Gasteiger partial charge in [-0.2, -0.15) is 0 Å². The summed E-state index contributed by atoms with van der Waals surface area (Å²) in [6.07, 6.45) is 8.25. The van der Waals surface area contributed by atoms with E-state index in [1.807, 2.05) is 0 Å². The van der Waals surface area contributed by atoms with Crippen LogP contribution in [0.1, 0.15) is 56.4 Å². The number of aliphatic hydroxyl groups is 1. The zero-order valence-corrected chi connectivity index (χ0v) is 12.2. The first kappa shape index (κ1) is 14.1. The van der Waals surface area contributed by atoms with Crippen molar-refractivity contribution in [1.82, 2.24) is 0 Å². The molecule has 1 aliphatic heterocycles. The zero-order chi connectivity index (χ0) is 13.8. The standard InChI is InChI=1S/C18H26O2/c19-18-11-9-15(14-5-2-1-3-6-14)13-16(18)8-10-17-7-4-12-20-17/h1-3,5-6,15-19H,4,7-13H2. The smallest absolute Gasteiger partial charge is 0.0576 e. The molecule has 110 valence electrons. The lowest BCUT2D eigenvalue weighted by Crippen LogP contribution is -2.29. The SMILES string of the molecule is OC1CCC(c2ccccc2)CC1CCC1CCCO1. The Labute approximate surface area is 122 Å². The van der Waals surface area contributed by atoms with Gasteiger partial charge in [-0.25, -0.2) is 0 Å². The summed E-state index contributed by atoms with van der Waals surface area (Å²) in [5, 5.41) is 10.3. The second-order valence-electron chi connectivity index (χ2n) is 6.46. The van der Waals surface area contributed by atoms with Crippen molar-refractivity contribution in [3.8, 4) is 0 Å². The van der Waals surface area contributed by atoms with Gasteiger partial charge in [0.1, 0.15) is 0 Å². The second-order valence-corrected chi connectivity index (χ2v) is 6.46. The molecular weight excluding hydrogens is 248 g/mol. The van der Waals surface area contributed by atoms with Crippen molar-refractivity contribution in [3.63, 3.8) is 0 Å². The molecule has 2 nitrogen and oxygen atoms in total. The largest absolute Gasteiger partial charge is 0.393 e. The van der Waals surface area contributed by atoms with E-state index in [9.17, 15) is 5.11 Å². The van der Waals surface area contributed by atoms with Crippen molar-refractivity contribution >= 4 is 0 Å². The van der Waals surface area contributed by atoms with Gasteiger partial charge in [0.2, 0.25) is 0 Å². The van der Waals surface area contributed by atoms with Gasteiger partial charge in [-0.1, -0.05) is 30.3 Å². The highest BCUT2D eigenvalue weighted by Crippen LogP contribution is 2.38. The number of rotatable bonds is 4. The number of aliphatic hydroxyl groups excluding tert-OH is 1. The van der Waals surface area contributed by atoms with Gasteiger partial charge in [0.25, 0.3) is 0 Å². The molecule has 0 aromatic heterocycles. The average molecular weight is 274 g/mol. The molecule has 1 saturated heterocycles. The molecule has 0 amide bonds. The van der Waals surface area contributed by atoms with Gasteiger partial charge in [0.05, 0.1) is 12.2 Å². The van der Waals surface area contributed by atoms with Gasteiger partial charge >= 0.3 is 0 Å². The number of ether oxygens (including phenoxy) is 1. The topological polar surface area (TPSA) is 29.5 Å². The van der Waals surface area contributed by atoms with Crippen LogP contribution in [-0.4, -0.2) is 23.9 Å². The van der Waals surface area contributed by atoms with Crippen molar-refractivity contribution in [2.45, 2.75) is 63.1 Å². The minimum atomic E-state index is -0.101. The molecule has 1 saturated carbocycles. The number of hydrogen-bond donors (Lipinski definition) is 1. The van der Waals surface area contributed by atoms with E-state index in [4.69, 9.17) is 4.74 Å². The lowest BCUT2D eigenvalue weighted by Gasteiger charge is -2.34. The Morgan fingerprint density at radius 1 is 1.05 bits per heavy atom. The van der Waals surface area contributed by atoms with Crippen LogP contribution in [0.3, 0.4) is 0 Å². The van der Waals surface area contributed by atoms with Crippen molar-refractivity contribution in [2.75, 3.05) is 6.61 Å². The van der Waals surface area contributed by atoms with Crippen LogP contribution in [0, 0.1) is 5.92 Å². The molecule has 1 aromatic carbocycles. The maximum atomic E-state index is 10.3. The van der Waals surface area contributed by atoms with Crippen LogP contribution in [0.5, 0.6) is 0 Å². The van der Waals surface area contributed by atoms with Crippen LogP contribution in [0.4, 0.5) is 0 Å². The van der Waals surface area contributed by atoms with Crippen LogP contribution in [-0.2, 0) is 4.74 Å². The van der Waals surface area contributed by atoms with E-state index in [0.29, 0.717) is 17.9 Å². The molecule has 2 fully saturated rings. The first-order valence-electron chi connectivity index (χ1n) is 8.17. The molecule has 2 aliphatic rings. The normalized spacial score (nSPS) is 34.2. The molecule has 1 aromatic rings. The Kier molecular flexibility index (Phi) is 4.74. The number of hydrogen-bond acceptors (Lipinski definition) is 2. The summed E-state index contributed by atoms with van der Waals surface area (Å²) in [6.45, 7) is 0.935. The van der Waals surface area contributed by atoms with Crippen LogP contribution >= 0.6 is 0 Å². The third-order valence-corrected chi connectivity index (χ3v) is 5.10. The van der Waals surface area contributed by atoms with Crippen molar-refractivity contribution < 1.29 is 9.84 Å². The predicted octanol–water partition coefficient (Wildman–Crippen LogP) is 3.89. The Hall–Kier alpha value is -0.860. The fourth-order valence-corrected chi connectivity index (χ4v) is 3.86. The molecular formula is C18H26O2. The summed E-state index contributed by atoms with van der Waals surface area (Å²) in [5.41, 5.74) is 1.45. The molecule has 4 atom stereocenters. The Morgan fingerprint density at radius 2 is 1.90 bits per heavy atom. The molecule has 4 unspecified atom stereocenters. The average Bonchev–Trinajstić information content (AvgIpc) is 3.01. The fourth-order valence-electron chi connectivity index (χ4n) is 3.86. The lowest BCUT2D eigenvalue weighted by molar-refractivity contribution is 0.0410. The van der Waals surface area contributed by atoms with Crippen LogP contribution in [0.2, 0.25) is 0 Å². The van der Waals surface area contributed by atoms with Crippen molar-refractivity contribution in [2.24, 2.45) is 5.92 Å². The quantitative estimate of drug-likeness (QED) is 0.902. The van der Waals surface area contributed by atoms with Crippen LogP contribution in [0.25, 0.3) is 0 Å². The molecule has 20 heavy (non-hydrogen) atoms. The molecule has 1 heterocycles. The van der Waals surface area contributed by atoms with E-state index >= 15 is 0 Å². The van der Waals surface area contributed by atoms with Crippen LogP contribution in [0.15, 0.2) is 30.3 Å². The first-order valence-corrected chi connectivity index (χ1v) is 8.17. The van der Waals surface area contributed by atoms with E-state index in [1.165, 1.54) is 18.4 Å². The van der Waals surface area contributed by atoms with Gasteiger partial charge in [0.15, 0.2) is 0 Å². The Bertz CT molecular complexity index is 397. The maximum absolute atomic E-state index is 10.3. The second kappa shape index (κ2) is 6.73. The summed E-state index contributed by atoms with van der Waals surface area (Å²) in [6, 6.07) is 10.8. The Morgan fingerprint density at radius 3 is 2.65 bits per heavy atom. The molecule has 1 N–H and O–H groups in total. The minimum Gasteiger partial charge on any atom is -0.393 e. The predicted molar refractivity (Wildman–Crippen MR) is 80.7 cm³/mol. The third-order valence-electron chi connectivity index (χ3n) is 5.10. The van der Waals surface area contributed by atoms with E-state index in [1.54, 1.807) is 0 Å². The zero-order valence-electron chi connectivity index (χ0n) is 12.2. The van der Waals surface area contributed by atoms with Gasteiger partial charge in [0, 0.05) is 6.61 Å². The third kappa shape index (κ3) is 3.42. The number of benzene rings is 1. The monoisotopic (exact) mass is 274 g/mol. The van der Waals surface area contributed by atoms with E-state index in [2.05, 4.69) is 30.3 Å². The fraction of sp³-hybridized carbons (Fsp3) is 0.667. The van der Waals surface area contributed by atoms with Gasteiger partial charge in [-0.15, -0.1) is 0 Å². The van der Waals surface area contributed by atoms with E-state index in [-0.39, 0.29) is 6.10 Å². The molecule has 0 bridgehead atoms. The van der Waals surface area contributed by atoms with E-state index in [0.717, 1.165) is 38.7 Å².